The number of allylic oxidation sites excluding steroid dienone is 3. The fraction of sp³-hybridized carbons (Fsp3) is 0.375. The van der Waals surface area contributed by atoms with Gasteiger partial charge in [0.2, 0.25) is 0 Å². The Morgan fingerprint density at radius 2 is 2.42 bits per heavy atom. The van der Waals surface area contributed by atoms with Crippen LogP contribution in [0.25, 0.3) is 0 Å². The van der Waals surface area contributed by atoms with E-state index in [1.54, 1.807) is 27.8 Å². The van der Waals surface area contributed by atoms with Crippen LogP contribution >= 0.6 is 21.6 Å². The molecular weight excluding hydrogens is 190 g/mol. The first-order chi connectivity index (χ1) is 5.93. The van der Waals surface area contributed by atoms with Gasteiger partial charge in [-0.25, -0.2) is 0 Å². The lowest BCUT2D eigenvalue weighted by Crippen LogP contribution is -1.88. The van der Waals surface area contributed by atoms with E-state index in [0.717, 1.165) is 17.2 Å². The van der Waals surface area contributed by atoms with Crippen molar-refractivity contribution in [1.29, 1.82) is 0 Å². The summed E-state index contributed by atoms with van der Waals surface area (Å²) in [5.41, 5.74) is 0. The minimum Gasteiger partial charge on any atom is -0.395 e. The van der Waals surface area contributed by atoms with Crippen molar-refractivity contribution in [2.75, 3.05) is 12.4 Å². The van der Waals surface area contributed by atoms with E-state index in [9.17, 15) is 0 Å². The zero-order valence-corrected chi connectivity index (χ0v) is 8.27. The maximum atomic E-state index is 8.55. The summed E-state index contributed by atoms with van der Waals surface area (Å²) in [6, 6.07) is 0. The summed E-state index contributed by atoms with van der Waals surface area (Å²) in [5, 5.41) is 9.65. The van der Waals surface area contributed by atoms with Crippen LogP contribution in [0.1, 0.15) is 6.42 Å². The predicted octanol–water partition coefficient (Wildman–Crippen LogP) is 2.23. The molecule has 0 saturated carbocycles. The molecule has 1 rings (SSSR count). The topological polar surface area (TPSA) is 32.6 Å². The molecule has 0 bridgehead atoms. The highest BCUT2D eigenvalue weighted by atomic mass is 33.1. The number of rotatable bonds is 3. The van der Waals surface area contributed by atoms with E-state index < -0.39 is 0 Å². The second-order valence-corrected chi connectivity index (χ2v) is 4.61. The van der Waals surface area contributed by atoms with Crippen LogP contribution in [0.15, 0.2) is 29.4 Å². The lowest BCUT2D eigenvalue weighted by Gasteiger charge is -1.98. The van der Waals surface area contributed by atoms with Crippen molar-refractivity contribution < 1.29 is 5.11 Å². The van der Waals surface area contributed by atoms with E-state index in [1.807, 2.05) is 12.2 Å². The minimum absolute atomic E-state index is 0.233. The third-order valence-corrected chi connectivity index (χ3v) is 3.54. The molecule has 0 aromatic heterocycles. The summed E-state index contributed by atoms with van der Waals surface area (Å²) >= 11 is 0. The summed E-state index contributed by atoms with van der Waals surface area (Å²) in [4.78, 5) is 4.23. The van der Waals surface area contributed by atoms with Crippen molar-refractivity contribution >= 4 is 26.6 Å². The third kappa shape index (κ3) is 3.99. The number of hydrogen-bond acceptors (Lipinski definition) is 4. The van der Waals surface area contributed by atoms with Gasteiger partial charge in [-0.05, 0) is 16.9 Å². The van der Waals surface area contributed by atoms with Gasteiger partial charge in [0.05, 0.1) is 11.7 Å². The Bertz CT molecular complexity index is 211. The summed E-state index contributed by atoms with van der Waals surface area (Å²) in [5.74, 6) is 0.761. The van der Waals surface area contributed by atoms with E-state index >= 15 is 0 Å². The highest BCUT2D eigenvalue weighted by molar-refractivity contribution is 8.82. The summed E-state index contributed by atoms with van der Waals surface area (Å²) in [7, 11) is 3.28. The molecule has 66 valence electrons. The first kappa shape index (κ1) is 9.89. The zero-order valence-electron chi connectivity index (χ0n) is 6.64. The van der Waals surface area contributed by atoms with Gasteiger partial charge in [-0.1, -0.05) is 22.9 Å². The van der Waals surface area contributed by atoms with Crippen LogP contribution in [0.4, 0.5) is 0 Å². The van der Waals surface area contributed by atoms with Gasteiger partial charge in [-0.15, -0.1) is 0 Å². The highest BCUT2D eigenvalue weighted by Crippen LogP contribution is 2.25. The van der Waals surface area contributed by atoms with Gasteiger partial charge in [-0.3, -0.25) is 4.99 Å². The number of aliphatic imine (C=N–C) groups is 1. The molecule has 0 radical (unpaired) electrons. The number of aliphatic hydroxyl groups is 1. The van der Waals surface area contributed by atoms with Gasteiger partial charge in [0.25, 0.3) is 0 Å². The molecule has 0 saturated heterocycles. The average Bonchev–Trinajstić information content (AvgIpc) is 2.33. The first-order valence-electron chi connectivity index (χ1n) is 3.72. The van der Waals surface area contributed by atoms with Gasteiger partial charge in [-0.2, -0.15) is 0 Å². The Morgan fingerprint density at radius 1 is 1.50 bits per heavy atom. The fourth-order valence-corrected chi connectivity index (χ4v) is 2.46. The van der Waals surface area contributed by atoms with Crippen LogP contribution in [0, 0.1) is 0 Å². The molecule has 2 nitrogen and oxygen atoms in total. The van der Waals surface area contributed by atoms with Crippen LogP contribution in [0.3, 0.4) is 0 Å². The Labute approximate surface area is 80.2 Å². The van der Waals surface area contributed by atoms with E-state index in [-0.39, 0.29) is 6.61 Å². The molecule has 1 aliphatic heterocycles. The second kappa shape index (κ2) is 6.34. The molecule has 1 aliphatic rings. The van der Waals surface area contributed by atoms with Gasteiger partial charge in [0, 0.05) is 18.4 Å². The summed E-state index contributed by atoms with van der Waals surface area (Å²) in [6.45, 7) is 0.233. The Morgan fingerprint density at radius 3 is 3.25 bits per heavy atom. The van der Waals surface area contributed by atoms with E-state index in [2.05, 4.69) is 11.1 Å². The Kier molecular flexibility index (Phi) is 5.23. The minimum atomic E-state index is 0.233. The van der Waals surface area contributed by atoms with Gasteiger partial charge in [0.15, 0.2) is 0 Å². The molecule has 0 aliphatic carbocycles. The van der Waals surface area contributed by atoms with Crippen LogP contribution < -0.4 is 0 Å². The molecule has 0 unspecified atom stereocenters. The second-order valence-electron chi connectivity index (χ2n) is 2.13. The van der Waals surface area contributed by atoms with Crippen molar-refractivity contribution in [2.45, 2.75) is 6.42 Å². The van der Waals surface area contributed by atoms with Crippen LogP contribution in [0.5, 0.6) is 0 Å². The molecule has 4 heteroatoms. The lowest BCUT2D eigenvalue weighted by molar-refractivity contribution is 0.323. The van der Waals surface area contributed by atoms with E-state index in [0.29, 0.717) is 0 Å². The van der Waals surface area contributed by atoms with E-state index in [1.165, 1.54) is 0 Å². The molecule has 0 atom stereocenters. The van der Waals surface area contributed by atoms with Crippen molar-refractivity contribution in [3.8, 4) is 0 Å². The van der Waals surface area contributed by atoms with Crippen molar-refractivity contribution in [3.05, 3.63) is 24.4 Å². The normalized spacial score (nSPS) is 15.9. The van der Waals surface area contributed by atoms with Gasteiger partial charge < -0.3 is 5.11 Å². The van der Waals surface area contributed by atoms with Crippen molar-refractivity contribution in [2.24, 2.45) is 4.99 Å². The fourth-order valence-electron chi connectivity index (χ4n) is 0.678. The Hall–Kier alpha value is -0.190. The molecule has 0 fully saturated rings. The summed E-state index contributed by atoms with van der Waals surface area (Å²) in [6.07, 6.45) is 8.69. The van der Waals surface area contributed by atoms with E-state index in [4.69, 9.17) is 5.11 Å². The first-order valence-corrected chi connectivity index (χ1v) is 6.04. The smallest absolute Gasteiger partial charge is 0.0874 e. The van der Waals surface area contributed by atoms with Gasteiger partial charge in [0.1, 0.15) is 0 Å². The highest BCUT2D eigenvalue weighted by Gasteiger charge is 1.98. The number of hydrogen-bond donors (Lipinski definition) is 1. The molecule has 0 spiro atoms. The number of aliphatic hydroxyl groups excluding tert-OH is 1. The lowest BCUT2D eigenvalue weighted by atomic mass is 10.4. The Balaban J connectivity index is 2.26. The van der Waals surface area contributed by atoms with Crippen LogP contribution in [-0.2, 0) is 0 Å². The molecule has 12 heavy (non-hydrogen) atoms. The standard InChI is InChI=1S/C8H11NOS2/c10-6-7-11-12-8-4-2-1-3-5-9-8/h1-3,5,10H,4,6-7H2. The van der Waals surface area contributed by atoms with Crippen LogP contribution in [-0.4, -0.2) is 22.5 Å². The van der Waals surface area contributed by atoms with Crippen molar-refractivity contribution in [3.63, 3.8) is 0 Å². The molecular formula is C8H11NOS2. The molecule has 1 N–H and O–H groups in total. The van der Waals surface area contributed by atoms with Crippen LogP contribution in [0.2, 0.25) is 0 Å². The maximum absolute atomic E-state index is 8.55. The average molecular weight is 201 g/mol. The molecule has 0 aromatic carbocycles. The largest absolute Gasteiger partial charge is 0.395 e. The quantitative estimate of drug-likeness (QED) is 0.561. The molecule has 1 heterocycles. The van der Waals surface area contributed by atoms with Crippen molar-refractivity contribution in [1.82, 2.24) is 0 Å². The third-order valence-electron chi connectivity index (χ3n) is 1.17. The number of nitrogens with zero attached hydrogens (tertiary/aromatic N) is 1. The zero-order chi connectivity index (χ0) is 8.65. The summed E-state index contributed by atoms with van der Waals surface area (Å²) < 4.78 is 0. The predicted molar refractivity (Wildman–Crippen MR) is 57.5 cm³/mol. The monoisotopic (exact) mass is 201 g/mol. The molecule has 0 amide bonds. The molecule has 0 aromatic rings. The maximum Gasteiger partial charge on any atom is 0.0874 e. The SMILES string of the molecule is OCCSSC1=NC=CC=CC1. The van der Waals surface area contributed by atoms with Gasteiger partial charge >= 0.3 is 0 Å².